The van der Waals surface area contributed by atoms with E-state index in [1.165, 1.54) is 12.0 Å². The minimum Gasteiger partial charge on any atom is -0.347 e. The first kappa shape index (κ1) is 21.3. The third-order valence-electron chi connectivity index (χ3n) is 6.37. The Kier molecular flexibility index (Phi) is 6.93. The molecule has 0 bridgehead atoms. The lowest BCUT2D eigenvalue weighted by Crippen LogP contribution is -2.65. The van der Waals surface area contributed by atoms with E-state index in [1.807, 2.05) is 41.0 Å². The zero-order chi connectivity index (χ0) is 20.9. The topological polar surface area (TPSA) is 69.7 Å². The van der Waals surface area contributed by atoms with Gasteiger partial charge in [0.1, 0.15) is 0 Å². The molecule has 1 aliphatic carbocycles. The molecule has 0 radical (unpaired) electrons. The highest BCUT2D eigenvalue weighted by atomic mass is 16.2. The second-order valence-corrected chi connectivity index (χ2v) is 8.53. The van der Waals surface area contributed by atoms with E-state index >= 15 is 0 Å². The van der Waals surface area contributed by atoms with Crippen molar-refractivity contribution in [3.63, 3.8) is 0 Å². The quantitative estimate of drug-likeness (QED) is 0.827. The summed E-state index contributed by atoms with van der Waals surface area (Å²) in [6, 6.07) is 8.15. The van der Waals surface area contributed by atoms with E-state index < -0.39 is 0 Å². The van der Waals surface area contributed by atoms with Gasteiger partial charge in [0.2, 0.25) is 17.7 Å². The van der Waals surface area contributed by atoms with Crippen LogP contribution in [0.15, 0.2) is 24.3 Å². The van der Waals surface area contributed by atoms with Crippen molar-refractivity contribution in [2.24, 2.45) is 0 Å². The lowest BCUT2D eigenvalue weighted by molar-refractivity contribution is -0.150. The summed E-state index contributed by atoms with van der Waals surface area (Å²) in [5, 5.41) is 2.78. The lowest BCUT2D eigenvalue weighted by Gasteiger charge is -2.52. The molecule has 3 rings (SSSR count). The molecule has 2 aliphatic rings. The molecular formula is C23H33N3O3. The minimum atomic E-state index is -0.215. The third-order valence-corrected chi connectivity index (χ3v) is 6.37. The van der Waals surface area contributed by atoms with Gasteiger partial charge in [-0.2, -0.15) is 0 Å². The lowest BCUT2D eigenvalue weighted by atomic mass is 9.78. The van der Waals surface area contributed by atoms with Crippen molar-refractivity contribution in [1.82, 2.24) is 15.1 Å². The van der Waals surface area contributed by atoms with Gasteiger partial charge in [-0.3, -0.25) is 14.4 Å². The van der Waals surface area contributed by atoms with E-state index in [2.05, 4.69) is 5.32 Å². The molecule has 1 spiro atoms. The van der Waals surface area contributed by atoms with E-state index in [4.69, 9.17) is 0 Å². The first-order chi connectivity index (χ1) is 13.9. The number of nitrogens with one attached hydrogen (secondary N) is 1. The highest BCUT2D eigenvalue weighted by molar-refractivity contribution is 5.85. The van der Waals surface area contributed by atoms with E-state index in [1.54, 1.807) is 6.92 Å². The van der Waals surface area contributed by atoms with Crippen LogP contribution >= 0.6 is 0 Å². The predicted molar refractivity (Wildman–Crippen MR) is 112 cm³/mol. The smallest absolute Gasteiger partial charge is 0.242 e. The predicted octanol–water partition coefficient (Wildman–Crippen LogP) is 2.44. The molecule has 1 aliphatic heterocycles. The molecule has 158 valence electrons. The Morgan fingerprint density at radius 1 is 1.03 bits per heavy atom. The number of aryl methyl sites for hydroxylation is 2. The number of benzene rings is 1. The van der Waals surface area contributed by atoms with E-state index in [-0.39, 0.29) is 29.8 Å². The molecule has 2 fully saturated rings. The van der Waals surface area contributed by atoms with Crippen LogP contribution in [0.1, 0.15) is 56.6 Å². The Morgan fingerprint density at radius 3 is 2.38 bits per heavy atom. The van der Waals surface area contributed by atoms with Gasteiger partial charge in [-0.1, -0.05) is 49.1 Å². The number of carbonyl (C=O) groups excluding carboxylic acids is 3. The Bertz CT molecular complexity index is 738. The summed E-state index contributed by atoms with van der Waals surface area (Å²) in [6.07, 6.45) is 6.35. The summed E-state index contributed by atoms with van der Waals surface area (Å²) in [5.41, 5.74) is 2.11. The molecule has 0 unspecified atom stereocenters. The monoisotopic (exact) mass is 399 g/mol. The molecule has 0 atom stereocenters. The maximum Gasteiger partial charge on any atom is 0.242 e. The fraction of sp³-hybridized carbons (Fsp3) is 0.609. The van der Waals surface area contributed by atoms with Crippen LogP contribution in [0.3, 0.4) is 0 Å². The van der Waals surface area contributed by atoms with Gasteiger partial charge >= 0.3 is 0 Å². The highest BCUT2D eigenvalue weighted by Crippen LogP contribution is 2.36. The van der Waals surface area contributed by atoms with Gasteiger partial charge < -0.3 is 15.1 Å². The molecule has 1 N–H and O–H groups in total. The second kappa shape index (κ2) is 9.42. The average molecular weight is 400 g/mol. The van der Waals surface area contributed by atoms with Crippen molar-refractivity contribution in [1.29, 1.82) is 0 Å². The molecule has 1 saturated heterocycles. The summed E-state index contributed by atoms with van der Waals surface area (Å²) in [6.45, 7) is 5.41. The zero-order valence-corrected chi connectivity index (χ0v) is 17.7. The van der Waals surface area contributed by atoms with E-state index in [0.717, 1.165) is 31.2 Å². The Morgan fingerprint density at radius 2 is 1.72 bits per heavy atom. The number of nitrogens with zero attached hydrogens (tertiary/aromatic N) is 2. The van der Waals surface area contributed by atoms with Gasteiger partial charge in [-0.05, 0) is 31.7 Å². The van der Waals surface area contributed by atoms with Gasteiger partial charge in [0.25, 0.3) is 0 Å². The Balaban J connectivity index is 1.49. The number of hydrogen-bond donors (Lipinski definition) is 1. The van der Waals surface area contributed by atoms with Crippen LogP contribution < -0.4 is 5.32 Å². The number of hydrogen-bond acceptors (Lipinski definition) is 3. The summed E-state index contributed by atoms with van der Waals surface area (Å²) >= 11 is 0. The molecule has 1 aromatic rings. The second-order valence-electron chi connectivity index (χ2n) is 8.53. The molecule has 3 amide bonds. The first-order valence-electron chi connectivity index (χ1n) is 10.8. The average Bonchev–Trinajstić information content (AvgIpc) is 2.71. The van der Waals surface area contributed by atoms with Crippen LogP contribution in [-0.4, -0.2) is 59.2 Å². The standard InChI is InChI=1S/C23H33N3O3/c1-18-6-8-20(9-7-18)10-11-21(28)24-16-22(29)25-14-15-26(19(2)27)23(17-25)12-4-3-5-13-23/h6-9H,3-5,10-17H2,1-2H3,(H,24,28). The van der Waals surface area contributed by atoms with Crippen molar-refractivity contribution in [3.8, 4) is 0 Å². The SMILES string of the molecule is CC(=O)N1CCN(C(=O)CNC(=O)CCc2ccc(C)cc2)CC12CCCCC2. The summed E-state index contributed by atoms with van der Waals surface area (Å²) in [5.74, 6) is -0.0566. The van der Waals surface area contributed by atoms with Crippen LogP contribution in [0.4, 0.5) is 0 Å². The molecule has 0 aromatic heterocycles. The van der Waals surface area contributed by atoms with E-state index in [9.17, 15) is 14.4 Å². The summed E-state index contributed by atoms with van der Waals surface area (Å²) < 4.78 is 0. The molecular weight excluding hydrogens is 366 g/mol. The van der Waals surface area contributed by atoms with Crippen molar-refractivity contribution in [2.45, 2.75) is 64.3 Å². The Hall–Kier alpha value is -2.37. The van der Waals surface area contributed by atoms with Crippen molar-refractivity contribution < 1.29 is 14.4 Å². The maximum absolute atomic E-state index is 12.7. The van der Waals surface area contributed by atoms with Crippen molar-refractivity contribution >= 4 is 17.7 Å². The van der Waals surface area contributed by atoms with Crippen molar-refractivity contribution in [2.75, 3.05) is 26.2 Å². The molecule has 29 heavy (non-hydrogen) atoms. The van der Waals surface area contributed by atoms with Crippen LogP contribution in [0.2, 0.25) is 0 Å². The van der Waals surface area contributed by atoms with E-state index in [0.29, 0.717) is 32.5 Å². The van der Waals surface area contributed by atoms with Crippen LogP contribution in [0.5, 0.6) is 0 Å². The van der Waals surface area contributed by atoms with Gasteiger partial charge in [0.05, 0.1) is 12.1 Å². The largest absolute Gasteiger partial charge is 0.347 e. The molecule has 1 heterocycles. The van der Waals surface area contributed by atoms with Gasteiger partial charge in [0.15, 0.2) is 0 Å². The summed E-state index contributed by atoms with van der Waals surface area (Å²) in [7, 11) is 0. The fourth-order valence-electron chi connectivity index (χ4n) is 4.71. The third kappa shape index (κ3) is 5.37. The van der Waals surface area contributed by atoms with Gasteiger partial charge in [-0.25, -0.2) is 0 Å². The number of carbonyl (C=O) groups is 3. The number of piperazine rings is 1. The van der Waals surface area contributed by atoms with Gasteiger partial charge in [-0.15, -0.1) is 0 Å². The van der Waals surface area contributed by atoms with Crippen LogP contribution in [-0.2, 0) is 20.8 Å². The molecule has 1 saturated carbocycles. The number of amides is 3. The van der Waals surface area contributed by atoms with Crippen LogP contribution in [0, 0.1) is 6.92 Å². The van der Waals surface area contributed by atoms with Gasteiger partial charge in [0, 0.05) is 33.0 Å². The normalized spacial score (nSPS) is 18.6. The fourth-order valence-corrected chi connectivity index (χ4v) is 4.71. The van der Waals surface area contributed by atoms with Crippen LogP contribution in [0.25, 0.3) is 0 Å². The molecule has 6 nitrogen and oxygen atoms in total. The summed E-state index contributed by atoms with van der Waals surface area (Å²) in [4.78, 5) is 40.9. The first-order valence-corrected chi connectivity index (χ1v) is 10.8. The number of rotatable bonds is 5. The highest BCUT2D eigenvalue weighted by Gasteiger charge is 2.44. The molecule has 6 heteroatoms. The molecule has 1 aromatic carbocycles. The maximum atomic E-state index is 12.7. The zero-order valence-electron chi connectivity index (χ0n) is 17.7. The van der Waals surface area contributed by atoms with Crippen molar-refractivity contribution in [3.05, 3.63) is 35.4 Å². The minimum absolute atomic E-state index is 0.0306. The Labute approximate surface area is 173 Å².